The SMILES string of the molecule is O=c1c2ccccc2n2c(=S)sc(-c3ccc(F)cc3)c2n1Cc1c(F)cccc1Cl. The number of aromatic nitrogens is 2. The standard InChI is InChI=1S/C23H13ClF2N2OS2/c24-17-5-3-6-18(26)16(17)12-27-21-20(13-8-10-14(25)11-9-13)31-23(30)28(21)19-7-2-1-4-15(19)22(27)29/h1-11H,12H2. The number of para-hydroxylation sites is 1. The molecule has 0 atom stereocenters. The zero-order chi connectivity index (χ0) is 21.7. The van der Waals surface area contributed by atoms with E-state index in [1.807, 2.05) is 16.5 Å². The molecule has 0 aliphatic rings. The molecule has 2 aromatic heterocycles. The lowest BCUT2D eigenvalue weighted by Crippen LogP contribution is -2.24. The largest absolute Gasteiger partial charge is 0.288 e. The normalized spacial score (nSPS) is 11.5. The molecular formula is C23H13ClF2N2OS2. The van der Waals surface area contributed by atoms with Crippen LogP contribution in [0, 0.1) is 15.6 Å². The van der Waals surface area contributed by atoms with Gasteiger partial charge < -0.3 is 0 Å². The quantitative estimate of drug-likeness (QED) is 0.274. The van der Waals surface area contributed by atoms with Crippen LogP contribution in [0.15, 0.2) is 71.5 Å². The van der Waals surface area contributed by atoms with Crippen molar-refractivity contribution in [1.29, 1.82) is 0 Å². The van der Waals surface area contributed by atoms with Crippen LogP contribution in [0.5, 0.6) is 0 Å². The van der Waals surface area contributed by atoms with Crippen molar-refractivity contribution in [2.75, 3.05) is 0 Å². The van der Waals surface area contributed by atoms with Crippen molar-refractivity contribution in [1.82, 2.24) is 8.97 Å². The lowest BCUT2D eigenvalue weighted by Gasteiger charge is -2.14. The van der Waals surface area contributed by atoms with E-state index >= 15 is 0 Å². The summed E-state index contributed by atoms with van der Waals surface area (Å²) in [5.74, 6) is -0.861. The van der Waals surface area contributed by atoms with Crippen LogP contribution in [0.3, 0.4) is 0 Å². The molecule has 0 saturated carbocycles. The van der Waals surface area contributed by atoms with Crippen molar-refractivity contribution in [3.05, 3.63) is 103 Å². The van der Waals surface area contributed by atoms with E-state index in [0.717, 1.165) is 0 Å². The lowest BCUT2D eigenvalue weighted by atomic mass is 10.1. The summed E-state index contributed by atoms with van der Waals surface area (Å²) in [6.07, 6.45) is 0. The van der Waals surface area contributed by atoms with Crippen LogP contribution in [-0.4, -0.2) is 8.97 Å². The van der Waals surface area contributed by atoms with Crippen LogP contribution in [0.1, 0.15) is 5.56 Å². The molecule has 3 nitrogen and oxygen atoms in total. The minimum atomic E-state index is -0.497. The van der Waals surface area contributed by atoms with E-state index < -0.39 is 5.82 Å². The smallest absolute Gasteiger partial charge is 0.261 e. The predicted molar refractivity (Wildman–Crippen MR) is 124 cm³/mol. The second-order valence-corrected chi connectivity index (χ2v) is 9.02. The third kappa shape index (κ3) is 3.29. The summed E-state index contributed by atoms with van der Waals surface area (Å²) in [7, 11) is 0. The molecule has 0 bridgehead atoms. The molecule has 0 amide bonds. The number of rotatable bonds is 3. The number of hydrogen-bond acceptors (Lipinski definition) is 3. The zero-order valence-corrected chi connectivity index (χ0v) is 18.2. The molecule has 5 rings (SSSR count). The molecule has 31 heavy (non-hydrogen) atoms. The molecule has 154 valence electrons. The van der Waals surface area contributed by atoms with Crippen molar-refractivity contribution >= 4 is 51.7 Å². The minimum absolute atomic E-state index is 0.0711. The van der Waals surface area contributed by atoms with Gasteiger partial charge in [0, 0.05) is 10.6 Å². The molecule has 3 aromatic carbocycles. The van der Waals surface area contributed by atoms with Crippen LogP contribution in [0.2, 0.25) is 5.02 Å². The number of fused-ring (bicyclic) bond motifs is 3. The second-order valence-electron chi connectivity index (χ2n) is 6.97. The van der Waals surface area contributed by atoms with E-state index in [4.69, 9.17) is 23.8 Å². The van der Waals surface area contributed by atoms with Gasteiger partial charge in [-0.1, -0.05) is 41.9 Å². The minimum Gasteiger partial charge on any atom is -0.288 e. The molecule has 0 spiro atoms. The van der Waals surface area contributed by atoms with Gasteiger partial charge in [0.25, 0.3) is 5.56 Å². The van der Waals surface area contributed by atoms with Crippen molar-refractivity contribution in [2.45, 2.75) is 6.54 Å². The molecule has 0 saturated heterocycles. The van der Waals surface area contributed by atoms with Gasteiger partial charge in [0.2, 0.25) is 0 Å². The van der Waals surface area contributed by atoms with Gasteiger partial charge in [0.05, 0.1) is 22.3 Å². The third-order valence-corrected chi connectivity index (χ3v) is 6.91. The van der Waals surface area contributed by atoms with Crippen LogP contribution in [-0.2, 0) is 6.54 Å². The van der Waals surface area contributed by atoms with E-state index in [2.05, 4.69) is 0 Å². The summed E-state index contributed by atoms with van der Waals surface area (Å²) < 4.78 is 31.9. The molecule has 8 heteroatoms. The maximum Gasteiger partial charge on any atom is 0.261 e. The molecule has 0 aliphatic carbocycles. The molecule has 0 radical (unpaired) electrons. The zero-order valence-electron chi connectivity index (χ0n) is 15.8. The highest BCUT2D eigenvalue weighted by Gasteiger charge is 2.20. The van der Waals surface area contributed by atoms with Crippen LogP contribution in [0.25, 0.3) is 27.0 Å². The van der Waals surface area contributed by atoms with Gasteiger partial charge in [-0.15, -0.1) is 11.3 Å². The van der Waals surface area contributed by atoms with Gasteiger partial charge in [-0.05, 0) is 54.2 Å². The number of benzene rings is 3. The summed E-state index contributed by atoms with van der Waals surface area (Å²) in [6.45, 7) is -0.0711. The highest BCUT2D eigenvalue weighted by molar-refractivity contribution is 7.73. The van der Waals surface area contributed by atoms with Crippen molar-refractivity contribution in [3.8, 4) is 10.4 Å². The van der Waals surface area contributed by atoms with Crippen molar-refractivity contribution in [3.63, 3.8) is 0 Å². The van der Waals surface area contributed by atoms with Gasteiger partial charge in [0.15, 0.2) is 3.95 Å². The molecule has 0 fully saturated rings. The second kappa shape index (κ2) is 7.67. The average molecular weight is 471 g/mol. The Balaban J connectivity index is 1.92. The van der Waals surface area contributed by atoms with E-state index in [-0.39, 0.29) is 28.5 Å². The predicted octanol–water partition coefficient (Wildman–Crippen LogP) is 6.69. The first-order valence-corrected chi connectivity index (χ1v) is 10.9. The number of halogens is 3. The summed E-state index contributed by atoms with van der Waals surface area (Å²) in [5.41, 5.74) is 1.82. The number of hydrogen-bond donors (Lipinski definition) is 0. The van der Waals surface area contributed by atoms with Crippen LogP contribution in [0.4, 0.5) is 8.78 Å². The highest BCUT2D eigenvalue weighted by Crippen LogP contribution is 2.34. The number of nitrogens with zero attached hydrogens (tertiary/aromatic N) is 2. The Hall–Kier alpha value is -2.87. The Morgan fingerprint density at radius 2 is 1.71 bits per heavy atom. The Morgan fingerprint density at radius 3 is 2.45 bits per heavy atom. The molecule has 5 aromatic rings. The Labute approximate surface area is 189 Å². The first kappa shape index (κ1) is 20.1. The monoisotopic (exact) mass is 470 g/mol. The Bertz CT molecular complexity index is 1570. The fraction of sp³-hybridized carbons (Fsp3) is 0.0435. The maximum atomic E-state index is 14.6. The van der Waals surface area contributed by atoms with Gasteiger partial charge in [-0.2, -0.15) is 0 Å². The topological polar surface area (TPSA) is 26.4 Å². The van der Waals surface area contributed by atoms with Gasteiger partial charge in [-0.25, -0.2) is 8.78 Å². The Kier molecular flexibility index (Phi) is 4.97. The third-order valence-electron chi connectivity index (χ3n) is 5.15. The summed E-state index contributed by atoms with van der Waals surface area (Å²) in [6, 6.07) is 17.5. The van der Waals surface area contributed by atoms with Crippen molar-refractivity contribution in [2.24, 2.45) is 0 Å². The fourth-order valence-corrected chi connectivity index (χ4v) is 5.35. The molecular weight excluding hydrogens is 458 g/mol. The van der Waals surface area contributed by atoms with E-state index in [1.54, 1.807) is 30.3 Å². The molecule has 0 N–H and O–H groups in total. The highest BCUT2D eigenvalue weighted by atomic mass is 35.5. The van der Waals surface area contributed by atoms with Crippen LogP contribution < -0.4 is 5.56 Å². The van der Waals surface area contributed by atoms with Gasteiger partial charge >= 0.3 is 0 Å². The average Bonchev–Trinajstić information content (AvgIpc) is 3.10. The van der Waals surface area contributed by atoms with E-state index in [0.29, 0.717) is 30.9 Å². The molecule has 2 heterocycles. The van der Waals surface area contributed by atoms with Crippen molar-refractivity contribution < 1.29 is 8.78 Å². The summed E-state index contributed by atoms with van der Waals surface area (Å²) >= 11 is 13.2. The molecule has 0 unspecified atom stereocenters. The summed E-state index contributed by atoms with van der Waals surface area (Å²) in [5, 5.41) is 0.692. The summed E-state index contributed by atoms with van der Waals surface area (Å²) in [4.78, 5) is 14.2. The maximum absolute atomic E-state index is 14.6. The fourth-order valence-electron chi connectivity index (χ4n) is 3.69. The van der Waals surface area contributed by atoms with Gasteiger partial charge in [0.1, 0.15) is 17.3 Å². The first-order valence-electron chi connectivity index (χ1n) is 9.31. The number of thiazole rings is 1. The van der Waals surface area contributed by atoms with Crippen LogP contribution >= 0.6 is 35.2 Å². The van der Waals surface area contributed by atoms with E-state index in [9.17, 15) is 13.6 Å². The molecule has 0 aliphatic heterocycles. The van der Waals surface area contributed by atoms with Gasteiger partial charge in [-0.3, -0.25) is 13.8 Å². The lowest BCUT2D eigenvalue weighted by molar-refractivity contribution is 0.599. The van der Waals surface area contributed by atoms with E-state index in [1.165, 1.54) is 40.2 Å². The first-order chi connectivity index (χ1) is 15.0. The Morgan fingerprint density at radius 1 is 0.968 bits per heavy atom.